The summed E-state index contributed by atoms with van der Waals surface area (Å²) in [5, 5.41) is 68.2. The molecule has 0 radical (unpaired) electrons. The van der Waals surface area contributed by atoms with Gasteiger partial charge >= 0.3 is 11.8 Å². The number of aliphatic hydroxyl groups is 2. The molecule has 11 atom stereocenters. The third kappa shape index (κ3) is 10.2. The summed E-state index contributed by atoms with van der Waals surface area (Å²) in [4.78, 5) is 43.4. The van der Waals surface area contributed by atoms with Crippen LogP contribution in [-0.4, -0.2) is 122 Å². The van der Waals surface area contributed by atoms with E-state index in [4.69, 9.17) is 24.0 Å². The number of amides is 1. The zero-order valence-corrected chi connectivity index (χ0v) is 41.1. The number of piperazine rings is 1. The van der Waals surface area contributed by atoms with E-state index in [0.29, 0.717) is 13.1 Å². The number of carbonyl (C=O) groups is 3. The van der Waals surface area contributed by atoms with Gasteiger partial charge in [-0.15, -0.1) is 0 Å². The number of aliphatic hydroxyl groups excluding tert-OH is 2. The first-order valence-electron chi connectivity index (χ1n) is 23.2. The molecule has 5 bridgehead atoms. The number of benzene rings is 3. The SMILES string of the molecule is CO[C@@H]1C=CO[C@@]2(C)Oc3c(C)c(O)c4c(O)c(c(C=NN5[C@H](C)CN(Cc6ccc(C)cc6)C[C@@H]5C)c(O)c4c3C2=O)NC(=O)C(C)=CC=C[C@H](C)[C@H](O)[C@H](C)[C@H](O)[C@H](C)[C@@H](OC(C)=O)[C@H]1C. The van der Waals surface area contributed by atoms with Crippen LogP contribution in [-0.2, 0) is 30.3 Å². The average Bonchev–Trinajstić information content (AvgIpc) is 3.55. The molecule has 0 saturated carbocycles. The number of aromatic hydroxyl groups is 3. The van der Waals surface area contributed by atoms with E-state index in [9.17, 15) is 39.9 Å². The smallest absolute Gasteiger partial charge is 0.312 e. The van der Waals surface area contributed by atoms with Crippen molar-refractivity contribution in [2.24, 2.45) is 28.8 Å². The second-order valence-corrected chi connectivity index (χ2v) is 19.1. The van der Waals surface area contributed by atoms with Crippen LogP contribution >= 0.6 is 0 Å². The second kappa shape index (κ2) is 20.7. The molecule has 6 N–H and O–H groups in total. The quantitative estimate of drug-likeness (QED) is 0.0635. The second-order valence-electron chi connectivity index (χ2n) is 19.1. The topological polar surface area (TPSA) is 220 Å². The van der Waals surface area contributed by atoms with Gasteiger partial charge in [0.15, 0.2) is 5.75 Å². The molecule has 3 aromatic rings. The van der Waals surface area contributed by atoms with Gasteiger partial charge in [-0.3, -0.25) is 24.3 Å². The number of carbonyl (C=O) groups excluding carboxylic acids is 3. The van der Waals surface area contributed by atoms with E-state index in [1.165, 1.54) is 70.6 Å². The summed E-state index contributed by atoms with van der Waals surface area (Å²) in [5.74, 6) is -8.46. The fourth-order valence-corrected chi connectivity index (χ4v) is 9.73. The number of aryl methyl sites for hydroxylation is 1. The fourth-order valence-electron chi connectivity index (χ4n) is 9.73. The minimum Gasteiger partial charge on any atom is -0.507 e. The maximum Gasteiger partial charge on any atom is 0.312 e. The van der Waals surface area contributed by atoms with Crippen LogP contribution in [0.15, 0.2) is 65.5 Å². The molecule has 3 aromatic carbocycles. The number of rotatable bonds is 6. The summed E-state index contributed by atoms with van der Waals surface area (Å²) in [6.07, 6.45) is 4.89. The van der Waals surface area contributed by atoms with Gasteiger partial charge in [0.05, 0.1) is 65.1 Å². The predicted molar refractivity (Wildman–Crippen MR) is 259 cm³/mol. The Balaban J connectivity index is 1.48. The van der Waals surface area contributed by atoms with E-state index in [1.807, 2.05) is 25.8 Å². The Morgan fingerprint density at radius 1 is 0.897 bits per heavy atom. The molecule has 4 aliphatic heterocycles. The minimum absolute atomic E-state index is 0.0501. The Morgan fingerprint density at radius 2 is 1.54 bits per heavy atom. The molecule has 1 amide bonds. The number of ketones is 1. The number of phenols is 3. The molecule has 7 rings (SSSR count). The number of nitrogens with one attached hydrogen (secondary N) is 1. The first-order valence-corrected chi connectivity index (χ1v) is 23.2. The molecule has 1 fully saturated rings. The molecule has 0 aromatic heterocycles. The lowest BCUT2D eigenvalue weighted by Gasteiger charge is -2.42. The highest BCUT2D eigenvalue weighted by atomic mass is 16.7. The van der Waals surface area contributed by atoms with Crippen molar-refractivity contribution in [1.82, 2.24) is 9.91 Å². The molecule has 16 heteroatoms. The van der Waals surface area contributed by atoms with Crippen LogP contribution in [0.25, 0.3) is 10.8 Å². The van der Waals surface area contributed by atoms with Gasteiger partial charge < -0.3 is 49.8 Å². The number of hydrogen-bond acceptors (Lipinski definition) is 15. The molecule has 368 valence electrons. The number of esters is 1. The number of anilines is 1. The van der Waals surface area contributed by atoms with Crippen molar-refractivity contribution in [2.45, 2.75) is 125 Å². The molecule has 0 aliphatic carbocycles. The van der Waals surface area contributed by atoms with E-state index in [1.54, 1.807) is 39.8 Å². The van der Waals surface area contributed by atoms with Crippen molar-refractivity contribution in [3.05, 3.63) is 88.2 Å². The van der Waals surface area contributed by atoms with E-state index in [0.717, 1.165) is 6.54 Å². The zero-order valence-electron chi connectivity index (χ0n) is 41.1. The van der Waals surface area contributed by atoms with Crippen LogP contribution in [0.4, 0.5) is 5.69 Å². The first-order chi connectivity index (χ1) is 32.0. The van der Waals surface area contributed by atoms with Crippen molar-refractivity contribution in [2.75, 3.05) is 25.5 Å². The summed E-state index contributed by atoms with van der Waals surface area (Å²) < 4.78 is 23.8. The van der Waals surface area contributed by atoms with Crippen molar-refractivity contribution in [3.8, 4) is 23.0 Å². The Kier molecular flexibility index (Phi) is 15.7. The van der Waals surface area contributed by atoms with Crippen molar-refractivity contribution in [3.63, 3.8) is 0 Å². The van der Waals surface area contributed by atoms with Crippen LogP contribution in [0.1, 0.15) is 94.9 Å². The highest BCUT2D eigenvalue weighted by Gasteiger charge is 2.50. The average molecular weight is 941 g/mol. The third-order valence-corrected chi connectivity index (χ3v) is 13.8. The number of methoxy groups -OCH3 is 1. The molecule has 0 spiro atoms. The van der Waals surface area contributed by atoms with Crippen LogP contribution in [0.3, 0.4) is 0 Å². The molecule has 0 unspecified atom stereocenters. The van der Waals surface area contributed by atoms with Crippen molar-refractivity contribution >= 4 is 40.3 Å². The maximum atomic E-state index is 14.7. The number of ether oxygens (including phenoxy) is 4. The largest absolute Gasteiger partial charge is 0.507 e. The maximum absolute atomic E-state index is 14.7. The normalized spacial score (nSPS) is 29.9. The summed E-state index contributed by atoms with van der Waals surface area (Å²) in [5.41, 5.74) is 1.97. The van der Waals surface area contributed by atoms with Gasteiger partial charge in [0.2, 0.25) is 0 Å². The van der Waals surface area contributed by atoms with Gasteiger partial charge in [-0.2, -0.15) is 5.10 Å². The first kappa shape index (κ1) is 51.5. The molecular weight excluding hydrogens is 873 g/mol. The standard InChI is InChI=1S/C52H68N4O12/c1-26-16-18-36(19-17-26)25-55-23-29(4)56(30(5)24-55)53-22-37-42-47(62)40-39(46(37)61)41-49(34(9)45(40)60)68-52(11,50(41)63)66-21-20-38(65-12)31(6)48(67-35(10)57)33(8)44(59)32(7)43(58)27(2)14-13-15-28(3)51(64)54-42/h13-22,27,29-33,38,43-44,48,58-62H,23-25H2,1-12H3,(H,54,64)/t27-,29-,30+,31-,32-,33-,38+,43-,44-,48-,52-/m0/s1. The highest BCUT2D eigenvalue weighted by Crippen LogP contribution is 2.55. The Labute approximate surface area is 398 Å². The van der Waals surface area contributed by atoms with E-state index < -0.39 is 88.8 Å². The van der Waals surface area contributed by atoms with E-state index in [-0.39, 0.29) is 56.6 Å². The van der Waals surface area contributed by atoms with Crippen molar-refractivity contribution < 1.29 is 58.9 Å². The summed E-state index contributed by atoms with van der Waals surface area (Å²) in [6, 6.07) is 8.19. The molecule has 16 nitrogen and oxygen atoms in total. The van der Waals surface area contributed by atoms with Crippen molar-refractivity contribution in [1.29, 1.82) is 0 Å². The lowest BCUT2D eigenvalue weighted by molar-refractivity contribution is -0.160. The lowest BCUT2D eigenvalue weighted by atomic mass is 9.78. The highest BCUT2D eigenvalue weighted by molar-refractivity contribution is 6.23. The molecule has 1 saturated heterocycles. The number of hydrazone groups is 1. The number of fused-ring (bicyclic) bond motifs is 14. The summed E-state index contributed by atoms with van der Waals surface area (Å²) in [7, 11) is 1.44. The Hall–Kier alpha value is -5.94. The molecular formula is C52H68N4O12. The number of Topliss-reactive ketones (excluding diaryl/α,β-unsaturated/α-hetero) is 1. The summed E-state index contributed by atoms with van der Waals surface area (Å²) in [6.45, 7) is 20.7. The number of phenolic OH excluding ortho intramolecular Hbond substituents is 3. The van der Waals surface area contributed by atoms with Crippen LogP contribution in [0, 0.1) is 37.5 Å². The predicted octanol–water partition coefficient (Wildman–Crippen LogP) is 6.99. The van der Waals surface area contributed by atoms with Gasteiger partial charge in [0.1, 0.15) is 23.4 Å². The van der Waals surface area contributed by atoms with Gasteiger partial charge in [0, 0.05) is 80.8 Å². The molecule has 68 heavy (non-hydrogen) atoms. The van der Waals surface area contributed by atoms with Gasteiger partial charge in [0.25, 0.3) is 11.7 Å². The number of allylic oxidation sites excluding steroid dienone is 2. The van der Waals surface area contributed by atoms with E-state index in [2.05, 4.69) is 34.5 Å². The minimum atomic E-state index is -2.07. The fraction of sp³-hybridized carbons (Fsp3) is 0.500. The Bertz CT molecular complexity index is 2510. The van der Waals surface area contributed by atoms with Crippen LogP contribution in [0.5, 0.6) is 23.0 Å². The van der Waals surface area contributed by atoms with E-state index >= 15 is 0 Å². The van der Waals surface area contributed by atoms with Crippen LogP contribution in [0.2, 0.25) is 0 Å². The third-order valence-electron chi connectivity index (χ3n) is 13.8. The molecule has 4 heterocycles. The molecule has 4 aliphatic rings. The van der Waals surface area contributed by atoms with Crippen LogP contribution < -0.4 is 10.1 Å². The van der Waals surface area contributed by atoms with Gasteiger partial charge in [-0.1, -0.05) is 75.8 Å². The zero-order chi connectivity index (χ0) is 50.1. The summed E-state index contributed by atoms with van der Waals surface area (Å²) >= 11 is 0. The van der Waals surface area contributed by atoms with Gasteiger partial charge in [-0.05, 0) is 46.3 Å². The number of hydrogen-bond donors (Lipinski definition) is 6. The lowest BCUT2D eigenvalue weighted by Crippen LogP contribution is -2.54. The van der Waals surface area contributed by atoms with Gasteiger partial charge in [-0.25, -0.2) is 0 Å². The monoisotopic (exact) mass is 940 g/mol. The Morgan fingerprint density at radius 3 is 2.16 bits per heavy atom. The number of nitrogens with zero attached hydrogens (tertiary/aromatic N) is 3.